The number of urea groups is 1. The van der Waals surface area contributed by atoms with Gasteiger partial charge in [-0.25, -0.2) is 13.2 Å². The summed E-state index contributed by atoms with van der Waals surface area (Å²) >= 11 is 0. The van der Waals surface area contributed by atoms with Gasteiger partial charge in [0.2, 0.25) is 0 Å². The van der Waals surface area contributed by atoms with Gasteiger partial charge in [0.15, 0.2) is 15.7 Å². The summed E-state index contributed by atoms with van der Waals surface area (Å²) in [5.41, 5.74) is 0.786. The second kappa shape index (κ2) is 5.96. The second-order valence-corrected chi connectivity index (χ2v) is 6.56. The first-order chi connectivity index (χ1) is 9.84. The van der Waals surface area contributed by atoms with E-state index in [0.717, 1.165) is 11.8 Å². The maximum atomic E-state index is 11.6. The number of aromatic nitrogens is 1. The summed E-state index contributed by atoms with van der Waals surface area (Å²) < 4.78 is 27.5. The molecule has 1 aromatic carbocycles. The van der Waals surface area contributed by atoms with E-state index in [9.17, 15) is 13.2 Å². The minimum absolute atomic E-state index is 0.244. The van der Waals surface area contributed by atoms with Crippen molar-refractivity contribution in [1.29, 1.82) is 0 Å². The molecule has 2 N–H and O–H groups in total. The number of benzene rings is 1. The second-order valence-electron chi connectivity index (χ2n) is 4.55. The topological polar surface area (TPSA) is 101 Å². The summed E-state index contributed by atoms with van der Waals surface area (Å²) in [5, 5.41) is 8.79. The highest BCUT2D eigenvalue weighted by Crippen LogP contribution is 2.10. The first kappa shape index (κ1) is 15.0. The molecule has 2 rings (SSSR count). The number of hydrogen-bond acceptors (Lipinski definition) is 5. The molecule has 0 saturated carbocycles. The first-order valence-electron chi connectivity index (χ1n) is 6.12. The van der Waals surface area contributed by atoms with Crippen molar-refractivity contribution in [3.8, 4) is 0 Å². The Kier molecular flexibility index (Phi) is 4.27. The predicted octanol–water partition coefficient (Wildman–Crippen LogP) is 1.71. The largest absolute Gasteiger partial charge is 0.360 e. The van der Waals surface area contributed by atoms with Crippen molar-refractivity contribution in [2.24, 2.45) is 0 Å². The Hall–Kier alpha value is -2.35. The Morgan fingerprint density at radius 1 is 1.29 bits per heavy atom. The van der Waals surface area contributed by atoms with Gasteiger partial charge in [0.05, 0.1) is 4.90 Å². The normalized spacial score (nSPS) is 11.1. The Bertz CT molecular complexity index is 735. The van der Waals surface area contributed by atoms with Gasteiger partial charge < -0.3 is 9.84 Å². The number of carbonyl (C=O) groups is 1. The molecule has 0 atom stereocenters. The summed E-state index contributed by atoms with van der Waals surface area (Å²) in [6, 6.07) is 7.49. The predicted molar refractivity (Wildman–Crippen MR) is 76.7 cm³/mol. The zero-order chi connectivity index (χ0) is 15.5. The first-order valence-corrected chi connectivity index (χ1v) is 8.01. The molecule has 2 amide bonds. The maximum Gasteiger partial charge on any atom is 0.320 e. The number of nitrogens with zero attached hydrogens (tertiary/aromatic N) is 1. The Balaban J connectivity index is 1.89. The molecule has 0 aliphatic carbocycles. The number of hydrogen-bond donors (Lipinski definition) is 2. The summed E-state index contributed by atoms with van der Waals surface area (Å²) in [6.45, 7) is 1.99. The van der Waals surface area contributed by atoms with Crippen LogP contribution in [0, 0.1) is 6.92 Å². The molecule has 112 valence electrons. The molecule has 0 spiro atoms. The van der Waals surface area contributed by atoms with Gasteiger partial charge in [-0.15, -0.1) is 0 Å². The fourth-order valence-electron chi connectivity index (χ4n) is 1.62. The van der Waals surface area contributed by atoms with Crippen molar-refractivity contribution < 1.29 is 17.7 Å². The summed E-state index contributed by atoms with van der Waals surface area (Å²) in [7, 11) is -3.21. The SMILES string of the molecule is Cc1cc(NC(=O)NCc2ccc(S(C)(=O)=O)cc2)no1. The quantitative estimate of drug-likeness (QED) is 0.895. The molecule has 0 saturated heterocycles. The maximum absolute atomic E-state index is 11.6. The van der Waals surface area contributed by atoms with Crippen molar-refractivity contribution in [2.45, 2.75) is 18.4 Å². The number of sulfone groups is 1. The molecule has 0 bridgehead atoms. The number of aryl methyl sites for hydroxylation is 1. The van der Waals surface area contributed by atoms with E-state index < -0.39 is 15.9 Å². The average molecular weight is 309 g/mol. The molecule has 0 fully saturated rings. The van der Waals surface area contributed by atoms with Crippen LogP contribution in [0.1, 0.15) is 11.3 Å². The minimum atomic E-state index is -3.21. The molecule has 7 nitrogen and oxygen atoms in total. The van der Waals surface area contributed by atoms with E-state index in [-0.39, 0.29) is 11.4 Å². The Morgan fingerprint density at radius 3 is 2.48 bits per heavy atom. The van der Waals surface area contributed by atoms with Gasteiger partial charge >= 0.3 is 6.03 Å². The van der Waals surface area contributed by atoms with Crippen molar-refractivity contribution in [3.63, 3.8) is 0 Å². The van der Waals surface area contributed by atoms with E-state index in [1.165, 1.54) is 12.1 Å². The van der Waals surface area contributed by atoms with Crippen LogP contribution in [0.4, 0.5) is 10.6 Å². The molecule has 1 aromatic heterocycles. The molecular weight excluding hydrogens is 294 g/mol. The van der Waals surface area contributed by atoms with E-state index in [2.05, 4.69) is 15.8 Å². The fraction of sp³-hybridized carbons (Fsp3) is 0.231. The van der Waals surface area contributed by atoms with Crippen molar-refractivity contribution in [1.82, 2.24) is 10.5 Å². The van der Waals surface area contributed by atoms with Crippen LogP contribution in [0.25, 0.3) is 0 Å². The molecule has 0 aliphatic heterocycles. The molecule has 2 aromatic rings. The lowest BCUT2D eigenvalue weighted by atomic mass is 10.2. The number of rotatable bonds is 4. The number of anilines is 1. The Labute approximate surface area is 122 Å². The lowest BCUT2D eigenvalue weighted by molar-refractivity contribution is 0.251. The van der Waals surface area contributed by atoms with Gasteiger partial charge in [-0.1, -0.05) is 17.3 Å². The summed E-state index contributed by atoms with van der Waals surface area (Å²) in [4.78, 5) is 11.9. The molecular formula is C13H15N3O4S. The lowest BCUT2D eigenvalue weighted by Crippen LogP contribution is -2.28. The standard InChI is InChI=1S/C13H15N3O4S/c1-9-7-12(16-20-9)15-13(17)14-8-10-3-5-11(6-4-10)21(2,18)19/h3-7H,8H2,1-2H3,(H2,14,15,16,17). The molecule has 0 aliphatic rings. The molecule has 0 unspecified atom stereocenters. The molecule has 21 heavy (non-hydrogen) atoms. The van der Waals surface area contributed by atoms with Crippen LogP contribution >= 0.6 is 0 Å². The third-order valence-corrected chi connectivity index (χ3v) is 3.80. The van der Waals surface area contributed by atoms with Crippen LogP contribution in [-0.4, -0.2) is 25.9 Å². The van der Waals surface area contributed by atoms with Crippen molar-refractivity contribution in [2.75, 3.05) is 11.6 Å². The van der Waals surface area contributed by atoms with Crippen LogP contribution in [0.3, 0.4) is 0 Å². The zero-order valence-electron chi connectivity index (χ0n) is 11.6. The van der Waals surface area contributed by atoms with Gasteiger partial charge in [0, 0.05) is 18.9 Å². The smallest absolute Gasteiger partial charge is 0.320 e. The van der Waals surface area contributed by atoms with Gasteiger partial charge in [-0.2, -0.15) is 0 Å². The molecule has 0 radical (unpaired) electrons. The monoisotopic (exact) mass is 309 g/mol. The summed E-state index contributed by atoms with van der Waals surface area (Å²) in [5.74, 6) is 0.930. The van der Waals surface area contributed by atoms with Crippen LogP contribution in [0.5, 0.6) is 0 Å². The highest BCUT2D eigenvalue weighted by molar-refractivity contribution is 7.90. The third-order valence-electron chi connectivity index (χ3n) is 2.67. The zero-order valence-corrected chi connectivity index (χ0v) is 12.4. The van der Waals surface area contributed by atoms with E-state index in [0.29, 0.717) is 11.6 Å². The van der Waals surface area contributed by atoms with E-state index in [1.54, 1.807) is 25.1 Å². The number of nitrogens with one attached hydrogen (secondary N) is 2. The molecule has 1 heterocycles. The number of amides is 2. The Morgan fingerprint density at radius 2 is 1.95 bits per heavy atom. The van der Waals surface area contributed by atoms with Crippen molar-refractivity contribution >= 4 is 21.7 Å². The average Bonchev–Trinajstić information content (AvgIpc) is 2.81. The van der Waals surface area contributed by atoms with E-state index >= 15 is 0 Å². The van der Waals surface area contributed by atoms with Gasteiger partial charge in [0.25, 0.3) is 0 Å². The van der Waals surface area contributed by atoms with Gasteiger partial charge in [-0.3, -0.25) is 5.32 Å². The summed E-state index contributed by atoms with van der Waals surface area (Å²) in [6.07, 6.45) is 1.15. The van der Waals surface area contributed by atoms with Crippen LogP contribution in [0.2, 0.25) is 0 Å². The van der Waals surface area contributed by atoms with Crippen LogP contribution in [0.15, 0.2) is 39.8 Å². The highest BCUT2D eigenvalue weighted by atomic mass is 32.2. The lowest BCUT2D eigenvalue weighted by Gasteiger charge is -2.06. The van der Waals surface area contributed by atoms with Crippen LogP contribution < -0.4 is 10.6 Å². The fourth-order valence-corrected chi connectivity index (χ4v) is 2.25. The number of carbonyl (C=O) groups excluding carboxylic acids is 1. The van der Waals surface area contributed by atoms with Crippen LogP contribution in [-0.2, 0) is 16.4 Å². The van der Waals surface area contributed by atoms with Gasteiger partial charge in [0.1, 0.15) is 5.76 Å². The minimum Gasteiger partial charge on any atom is -0.360 e. The van der Waals surface area contributed by atoms with Crippen molar-refractivity contribution in [3.05, 3.63) is 41.7 Å². The van der Waals surface area contributed by atoms with E-state index in [4.69, 9.17) is 4.52 Å². The third kappa shape index (κ3) is 4.32. The molecule has 8 heteroatoms. The van der Waals surface area contributed by atoms with E-state index in [1.807, 2.05) is 0 Å². The van der Waals surface area contributed by atoms with Gasteiger partial charge in [-0.05, 0) is 24.6 Å². The highest BCUT2D eigenvalue weighted by Gasteiger charge is 2.08.